The molecule has 2 aromatic rings. The number of anilines is 1. The van der Waals surface area contributed by atoms with Crippen molar-refractivity contribution in [1.29, 1.82) is 0 Å². The largest absolute Gasteiger partial charge is 0.478 e. The van der Waals surface area contributed by atoms with Crippen LogP contribution < -0.4 is 9.64 Å². The second-order valence-corrected chi connectivity index (χ2v) is 6.96. The minimum absolute atomic E-state index is 0.0150. The summed E-state index contributed by atoms with van der Waals surface area (Å²) in [4.78, 5) is 25.3. The molecule has 1 amide bonds. The van der Waals surface area contributed by atoms with Gasteiger partial charge in [-0.2, -0.15) is 8.78 Å². The van der Waals surface area contributed by atoms with Crippen LogP contribution in [0, 0.1) is 0 Å². The van der Waals surface area contributed by atoms with Crippen LogP contribution in [0.2, 0.25) is 0 Å². The van der Waals surface area contributed by atoms with Crippen molar-refractivity contribution in [3.63, 3.8) is 0 Å². The van der Waals surface area contributed by atoms with Crippen molar-refractivity contribution in [2.24, 2.45) is 0 Å². The number of para-hydroxylation sites is 1. The molecule has 27 heavy (non-hydrogen) atoms. The highest BCUT2D eigenvalue weighted by Gasteiger charge is 2.33. The van der Waals surface area contributed by atoms with Crippen LogP contribution in [0.4, 0.5) is 14.5 Å². The van der Waals surface area contributed by atoms with Crippen LogP contribution in [0.5, 0.6) is 5.75 Å². The molecule has 0 aliphatic carbocycles. The molecule has 0 aromatic heterocycles. The summed E-state index contributed by atoms with van der Waals surface area (Å²) in [6.45, 7) is -2.99. The summed E-state index contributed by atoms with van der Waals surface area (Å²) in [5, 5.41) is 9.11. The van der Waals surface area contributed by atoms with Crippen LogP contribution in [-0.2, 0) is 4.79 Å². The van der Waals surface area contributed by atoms with Crippen LogP contribution in [0.1, 0.15) is 15.9 Å². The molecule has 1 heterocycles. The number of carboxylic acid groups (broad SMARTS) is 1. The van der Waals surface area contributed by atoms with Crippen molar-refractivity contribution in [2.75, 3.05) is 4.90 Å². The maximum Gasteiger partial charge on any atom is 0.387 e. The SMILES string of the molecule is O=C(O)c1cccc(N2C(=O)C(=Cc3ccccc3OC(F)F)SC2=S)c1. The highest BCUT2D eigenvalue weighted by Crippen LogP contribution is 2.37. The van der Waals surface area contributed by atoms with Gasteiger partial charge in [-0.15, -0.1) is 0 Å². The Labute approximate surface area is 162 Å². The lowest BCUT2D eigenvalue weighted by atomic mass is 10.1. The molecule has 0 bridgehead atoms. The molecule has 1 fully saturated rings. The van der Waals surface area contributed by atoms with Gasteiger partial charge in [0.15, 0.2) is 4.32 Å². The number of carbonyl (C=O) groups is 2. The van der Waals surface area contributed by atoms with Gasteiger partial charge in [-0.25, -0.2) is 4.79 Å². The van der Waals surface area contributed by atoms with E-state index >= 15 is 0 Å². The maximum atomic E-state index is 12.7. The zero-order valence-corrected chi connectivity index (χ0v) is 15.1. The maximum absolute atomic E-state index is 12.7. The monoisotopic (exact) mass is 407 g/mol. The number of amides is 1. The topological polar surface area (TPSA) is 66.8 Å². The molecule has 0 radical (unpaired) electrons. The summed E-state index contributed by atoms with van der Waals surface area (Å²) in [7, 11) is 0. The molecule has 1 N–H and O–H groups in total. The Kier molecular flexibility index (Phi) is 5.52. The van der Waals surface area contributed by atoms with Crippen LogP contribution in [0.25, 0.3) is 6.08 Å². The fraction of sp³-hybridized carbons (Fsp3) is 0.0556. The van der Waals surface area contributed by atoms with Gasteiger partial charge in [0.2, 0.25) is 0 Å². The molecule has 138 valence electrons. The normalized spacial score (nSPS) is 15.7. The van der Waals surface area contributed by atoms with E-state index in [1.807, 2.05) is 0 Å². The molecule has 0 saturated carbocycles. The van der Waals surface area contributed by atoms with E-state index in [-0.39, 0.29) is 20.5 Å². The summed E-state index contributed by atoms with van der Waals surface area (Å²) in [6.07, 6.45) is 1.41. The van der Waals surface area contributed by atoms with Crippen LogP contribution in [0.3, 0.4) is 0 Å². The minimum Gasteiger partial charge on any atom is -0.478 e. The van der Waals surface area contributed by atoms with Gasteiger partial charge < -0.3 is 9.84 Å². The highest BCUT2D eigenvalue weighted by atomic mass is 32.2. The lowest BCUT2D eigenvalue weighted by Crippen LogP contribution is -2.27. The third-order valence-corrected chi connectivity index (χ3v) is 4.87. The van der Waals surface area contributed by atoms with Crippen molar-refractivity contribution in [1.82, 2.24) is 0 Å². The van der Waals surface area contributed by atoms with Gasteiger partial charge in [-0.1, -0.05) is 48.2 Å². The summed E-state index contributed by atoms with van der Waals surface area (Å²) < 4.78 is 29.8. The summed E-state index contributed by atoms with van der Waals surface area (Å²) in [6, 6.07) is 11.9. The van der Waals surface area contributed by atoms with Gasteiger partial charge in [-0.3, -0.25) is 9.69 Å². The zero-order chi connectivity index (χ0) is 19.6. The fourth-order valence-corrected chi connectivity index (χ4v) is 3.70. The number of thiocarbonyl (C=S) groups is 1. The molecule has 5 nitrogen and oxygen atoms in total. The van der Waals surface area contributed by atoms with Gasteiger partial charge >= 0.3 is 12.6 Å². The first-order valence-electron chi connectivity index (χ1n) is 7.52. The number of carboxylic acids is 1. The van der Waals surface area contributed by atoms with Crippen molar-refractivity contribution in [3.8, 4) is 5.75 Å². The van der Waals surface area contributed by atoms with E-state index in [1.165, 1.54) is 47.4 Å². The molecule has 1 aliphatic rings. The van der Waals surface area contributed by atoms with Crippen molar-refractivity contribution in [3.05, 3.63) is 64.6 Å². The molecule has 0 unspecified atom stereocenters. The molecular weight excluding hydrogens is 396 g/mol. The van der Waals surface area contributed by atoms with Gasteiger partial charge in [0.25, 0.3) is 5.91 Å². The summed E-state index contributed by atoms with van der Waals surface area (Å²) in [5.41, 5.74) is 0.636. The second kappa shape index (κ2) is 7.85. The van der Waals surface area contributed by atoms with E-state index in [2.05, 4.69) is 4.74 Å². The Morgan fingerprint density at radius 1 is 1.22 bits per heavy atom. The van der Waals surface area contributed by atoms with Crippen molar-refractivity contribution >= 4 is 51.9 Å². The van der Waals surface area contributed by atoms with Crippen molar-refractivity contribution in [2.45, 2.75) is 6.61 Å². The fourth-order valence-electron chi connectivity index (χ4n) is 2.41. The van der Waals surface area contributed by atoms with Gasteiger partial charge in [0.05, 0.1) is 16.2 Å². The highest BCUT2D eigenvalue weighted by molar-refractivity contribution is 8.27. The quantitative estimate of drug-likeness (QED) is 0.586. The zero-order valence-electron chi connectivity index (χ0n) is 13.5. The Bertz CT molecular complexity index is 962. The Morgan fingerprint density at radius 3 is 2.67 bits per heavy atom. The number of benzene rings is 2. The van der Waals surface area contributed by atoms with Crippen LogP contribution in [-0.4, -0.2) is 27.9 Å². The number of hydrogen-bond acceptors (Lipinski definition) is 5. The summed E-state index contributed by atoms with van der Waals surface area (Å²) >= 11 is 6.22. The number of hydrogen-bond donors (Lipinski definition) is 1. The van der Waals surface area contributed by atoms with E-state index in [0.717, 1.165) is 11.8 Å². The Balaban J connectivity index is 1.94. The number of rotatable bonds is 5. The first-order chi connectivity index (χ1) is 12.9. The predicted octanol–water partition coefficient (Wildman–Crippen LogP) is 4.39. The van der Waals surface area contributed by atoms with Crippen LogP contribution in [0.15, 0.2) is 53.4 Å². The number of aromatic carboxylic acids is 1. The first kappa shape index (κ1) is 19.0. The summed E-state index contributed by atoms with van der Waals surface area (Å²) in [5.74, 6) is -1.67. The third kappa shape index (κ3) is 4.15. The molecule has 0 atom stereocenters. The van der Waals surface area contributed by atoms with E-state index in [0.29, 0.717) is 11.3 Å². The Hall–Kier alpha value is -2.78. The lowest BCUT2D eigenvalue weighted by Gasteiger charge is -2.14. The van der Waals surface area contributed by atoms with E-state index in [1.54, 1.807) is 12.1 Å². The molecule has 1 saturated heterocycles. The number of thioether (sulfide) groups is 1. The number of carbonyl (C=O) groups excluding carboxylic acids is 1. The standard InChI is InChI=1S/C18H11F2NO4S2/c19-17(20)25-13-7-2-1-4-10(13)9-14-15(22)21(18(26)27-14)12-6-3-5-11(8-12)16(23)24/h1-9,17H,(H,23,24). The van der Waals surface area contributed by atoms with Gasteiger partial charge in [0.1, 0.15) is 5.75 Å². The van der Waals surface area contributed by atoms with Gasteiger partial charge in [-0.05, 0) is 30.3 Å². The number of alkyl halides is 2. The predicted molar refractivity (Wildman–Crippen MR) is 102 cm³/mol. The molecule has 2 aromatic carbocycles. The first-order valence-corrected chi connectivity index (χ1v) is 8.74. The molecule has 1 aliphatic heterocycles. The van der Waals surface area contributed by atoms with Crippen molar-refractivity contribution < 1.29 is 28.2 Å². The lowest BCUT2D eigenvalue weighted by molar-refractivity contribution is -0.113. The van der Waals surface area contributed by atoms with E-state index in [9.17, 15) is 18.4 Å². The van der Waals surface area contributed by atoms with E-state index in [4.69, 9.17) is 17.3 Å². The second-order valence-electron chi connectivity index (χ2n) is 5.29. The third-order valence-electron chi connectivity index (χ3n) is 3.57. The average Bonchev–Trinajstić information content (AvgIpc) is 2.90. The minimum atomic E-state index is -2.99. The average molecular weight is 407 g/mol. The Morgan fingerprint density at radius 2 is 1.96 bits per heavy atom. The molecule has 9 heteroatoms. The number of ether oxygens (including phenoxy) is 1. The number of halogens is 2. The smallest absolute Gasteiger partial charge is 0.387 e. The van der Waals surface area contributed by atoms with E-state index < -0.39 is 18.5 Å². The van der Waals surface area contributed by atoms with Gasteiger partial charge in [0, 0.05) is 5.56 Å². The molecule has 0 spiro atoms. The van der Waals surface area contributed by atoms with Crippen LogP contribution >= 0.6 is 24.0 Å². The molecular formula is C18H11F2NO4S2. The molecule has 3 rings (SSSR count). The number of nitrogens with zero attached hydrogens (tertiary/aromatic N) is 1.